The molecule has 20 heavy (non-hydrogen) atoms. The predicted molar refractivity (Wildman–Crippen MR) is 85.2 cm³/mol. The van der Waals surface area contributed by atoms with Crippen molar-refractivity contribution in [1.29, 1.82) is 0 Å². The topological polar surface area (TPSA) is 71.3 Å². The number of nitrogens with one attached hydrogen (secondary N) is 1. The molecule has 0 saturated carbocycles. The first kappa shape index (κ1) is 16.5. The van der Waals surface area contributed by atoms with Crippen molar-refractivity contribution in [2.24, 2.45) is 5.73 Å². The number of unbranched alkanes of at least 4 members (excludes halogenated alkanes) is 1. The molecule has 0 fully saturated rings. The van der Waals surface area contributed by atoms with Gasteiger partial charge in [-0.2, -0.15) is 0 Å². The summed E-state index contributed by atoms with van der Waals surface area (Å²) in [7, 11) is 0. The fourth-order valence-electron chi connectivity index (χ4n) is 1.62. The molecule has 3 N–H and O–H groups in total. The first-order chi connectivity index (χ1) is 9.24. The second kappa shape index (κ2) is 6.74. The lowest BCUT2D eigenvalue weighted by Gasteiger charge is -2.26. The molecule has 0 aliphatic carbocycles. The summed E-state index contributed by atoms with van der Waals surface area (Å²) in [5, 5.41) is 0. The van der Waals surface area contributed by atoms with E-state index in [1.165, 1.54) is 0 Å². The fraction of sp³-hybridized carbons (Fsp3) is 0.571. The number of ether oxygens (including phenoxy) is 1. The number of H-pyrrole nitrogens is 1. The zero-order valence-electron chi connectivity index (χ0n) is 12.5. The molecule has 0 saturated heterocycles. The molecule has 6 heteroatoms. The van der Waals surface area contributed by atoms with Crippen LogP contribution in [0.1, 0.15) is 46.1 Å². The molecule has 112 valence electrons. The minimum atomic E-state index is -0.528. The van der Waals surface area contributed by atoms with E-state index in [1.807, 2.05) is 20.8 Å². The number of hydrogen-bond acceptors (Lipinski definition) is 3. The number of rotatable bonds is 5. The van der Waals surface area contributed by atoms with Crippen molar-refractivity contribution in [2.45, 2.75) is 46.1 Å². The Labute approximate surface area is 125 Å². The number of aromatic nitrogens is 1. The number of carbonyl (C=O) groups excluding carboxylic acids is 1. The zero-order valence-corrected chi connectivity index (χ0v) is 13.3. The van der Waals surface area contributed by atoms with E-state index in [9.17, 15) is 4.79 Å². The Kier molecular flexibility index (Phi) is 5.56. The third-order valence-corrected chi connectivity index (χ3v) is 2.83. The average Bonchev–Trinajstić information content (AvgIpc) is 2.76. The molecular formula is C14H23N3O2S. The lowest BCUT2D eigenvalue weighted by atomic mass is 10.2. The van der Waals surface area contributed by atoms with Crippen LogP contribution in [0.5, 0.6) is 0 Å². The molecule has 1 rings (SSSR count). The minimum absolute atomic E-state index is 0.298. The number of nitrogens with two attached hydrogens (primary N) is 1. The van der Waals surface area contributed by atoms with Gasteiger partial charge in [-0.05, 0) is 33.3 Å². The van der Waals surface area contributed by atoms with Crippen LogP contribution in [0.2, 0.25) is 0 Å². The second-order valence-electron chi connectivity index (χ2n) is 5.62. The Morgan fingerprint density at radius 1 is 1.50 bits per heavy atom. The molecule has 1 heterocycles. The molecule has 1 amide bonds. The Hall–Kier alpha value is -1.56. The van der Waals surface area contributed by atoms with Gasteiger partial charge in [0.05, 0.1) is 0 Å². The standard InChI is InChI=1S/C14H23N3O2S/c1-5-6-7-17(13(18)19-14(2,3)4)11-8-10(9-16-11)12(15)20/h8-9,16H,5-7H2,1-4H3,(H2,15,20). The van der Waals surface area contributed by atoms with Gasteiger partial charge in [0.15, 0.2) is 0 Å². The number of anilines is 1. The maximum atomic E-state index is 12.3. The van der Waals surface area contributed by atoms with Crippen molar-refractivity contribution in [3.8, 4) is 0 Å². The Bertz CT molecular complexity index is 477. The fourth-order valence-corrected chi connectivity index (χ4v) is 1.74. The van der Waals surface area contributed by atoms with Gasteiger partial charge < -0.3 is 15.5 Å². The summed E-state index contributed by atoms with van der Waals surface area (Å²) in [5.74, 6) is 0.649. The minimum Gasteiger partial charge on any atom is -0.443 e. The highest BCUT2D eigenvalue weighted by molar-refractivity contribution is 7.80. The molecule has 0 bridgehead atoms. The Morgan fingerprint density at radius 2 is 2.15 bits per heavy atom. The largest absolute Gasteiger partial charge is 0.443 e. The lowest BCUT2D eigenvalue weighted by Crippen LogP contribution is -2.37. The second-order valence-corrected chi connectivity index (χ2v) is 6.06. The normalized spacial score (nSPS) is 11.2. The summed E-state index contributed by atoms with van der Waals surface area (Å²) < 4.78 is 5.42. The summed E-state index contributed by atoms with van der Waals surface area (Å²) in [4.78, 5) is 17.2. The van der Waals surface area contributed by atoms with Crippen LogP contribution in [0.3, 0.4) is 0 Å². The molecule has 0 unspecified atom stereocenters. The van der Waals surface area contributed by atoms with E-state index in [0.29, 0.717) is 22.9 Å². The van der Waals surface area contributed by atoms with E-state index < -0.39 is 5.60 Å². The van der Waals surface area contributed by atoms with E-state index >= 15 is 0 Å². The van der Waals surface area contributed by atoms with Gasteiger partial charge in [0, 0.05) is 18.3 Å². The summed E-state index contributed by atoms with van der Waals surface area (Å²) in [6.45, 7) is 8.19. The molecule has 0 aliphatic rings. The van der Waals surface area contributed by atoms with E-state index in [2.05, 4.69) is 11.9 Å². The van der Waals surface area contributed by atoms with Crippen molar-refractivity contribution >= 4 is 29.1 Å². The summed E-state index contributed by atoms with van der Waals surface area (Å²) in [6, 6.07) is 1.77. The zero-order chi connectivity index (χ0) is 15.3. The van der Waals surface area contributed by atoms with Gasteiger partial charge in [-0.1, -0.05) is 25.6 Å². The molecule has 0 atom stereocenters. The number of amides is 1. The quantitative estimate of drug-likeness (QED) is 0.819. The van der Waals surface area contributed by atoms with E-state index in [1.54, 1.807) is 17.2 Å². The van der Waals surface area contributed by atoms with Crippen molar-refractivity contribution in [1.82, 2.24) is 4.98 Å². The van der Waals surface area contributed by atoms with Crippen LogP contribution in [0.4, 0.5) is 10.6 Å². The van der Waals surface area contributed by atoms with Crippen LogP contribution >= 0.6 is 12.2 Å². The van der Waals surface area contributed by atoms with Crippen LogP contribution < -0.4 is 10.6 Å². The number of nitrogens with zero attached hydrogens (tertiary/aromatic N) is 1. The number of thiocarbonyl (C=S) groups is 1. The van der Waals surface area contributed by atoms with Crippen molar-refractivity contribution in [3.05, 3.63) is 17.8 Å². The van der Waals surface area contributed by atoms with Crippen LogP contribution in [-0.4, -0.2) is 28.2 Å². The van der Waals surface area contributed by atoms with Gasteiger partial charge in [0.25, 0.3) is 0 Å². The average molecular weight is 297 g/mol. The maximum Gasteiger partial charge on any atom is 0.415 e. The van der Waals surface area contributed by atoms with E-state index in [0.717, 1.165) is 12.8 Å². The summed E-state index contributed by atoms with van der Waals surface area (Å²) >= 11 is 4.93. The SMILES string of the molecule is CCCCN(C(=O)OC(C)(C)C)c1cc(C(N)=S)c[nH]1. The molecule has 5 nitrogen and oxygen atoms in total. The van der Waals surface area contributed by atoms with E-state index in [-0.39, 0.29) is 6.09 Å². The van der Waals surface area contributed by atoms with Crippen LogP contribution in [0, 0.1) is 0 Å². The molecule has 0 radical (unpaired) electrons. The lowest BCUT2D eigenvalue weighted by molar-refractivity contribution is 0.0579. The third-order valence-electron chi connectivity index (χ3n) is 2.59. The van der Waals surface area contributed by atoms with Gasteiger partial charge >= 0.3 is 6.09 Å². The van der Waals surface area contributed by atoms with Crippen LogP contribution in [-0.2, 0) is 4.74 Å². The molecule has 0 spiro atoms. The van der Waals surface area contributed by atoms with Crippen molar-refractivity contribution < 1.29 is 9.53 Å². The number of carbonyl (C=O) groups is 1. The van der Waals surface area contributed by atoms with E-state index in [4.69, 9.17) is 22.7 Å². The summed E-state index contributed by atoms with van der Waals surface area (Å²) in [5.41, 5.74) is 5.76. The monoisotopic (exact) mass is 297 g/mol. The van der Waals surface area contributed by atoms with Crippen molar-refractivity contribution in [2.75, 3.05) is 11.4 Å². The highest BCUT2D eigenvalue weighted by Gasteiger charge is 2.24. The van der Waals surface area contributed by atoms with Gasteiger partial charge in [-0.15, -0.1) is 0 Å². The highest BCUT2D eigenvalue weighted by Crippen LogP contribution is 2.19. The molecule has 0 aliphatic heterocycles. The highest BCUT2D eigenvalue weighted by atomic mass is 32.1. The van der Waals surface area contributed by atoms with Gasteiger partial charge in [0.2, 0.25) is 0 Å². The Morgan fingerprint density at radius 3 is 2.60 bits per heavy atom. The molecule has 0 aromatic carbocycles. The number of aromatic amines is 1. The predicted octanol–water partition coefficient (Wildman–Crippen LogP) is 3.19. The third kappa shape index (κ3) is 4.85. The van der Waals surface area contributed by atoms with Gasteiger partial charge in [0.1, 0.15) is 16.4 Å². The van der Waals surface area contributed by atoms with Gasteiger partial charge in [-0.3, -0.25) is 4.90 Å². The Balaban J connectivity index is 2.92. The molecule has 1 aromatic rings. The van der Waals surface area contributed by atoms with Crippen LogP contribution in [0.25, 0.3) is 0 Å². The first-order valence-electron chi connectivity index (χ1n) is 6.73. The first-order valence-corrected chi connectivity index (χ1v) is 7.14. The maximum absolute atomic E-state index is 12.3. The molecule has 1 aromatic heterocycles. The van der Waals surface area contributed by atoms with Crippen molar-refractivity contribution in [3.63, 3.8) is 0 Å². The number of hydrogen-bond donors (Lipinski definition) is 2. The van der Waals surface area contributed by atoms with Gasteiger partial charge in [-0.25, -0.2) is 4.79 Å². The van der Waals surface area contributed by atoms with Crippen LogP contribution in [0.15, 0.2) is 12.3 Å². The smallest absolute Gasteiger partial charge is 0.415 e. The summed E-state index contributed by atoms with van der Waals surface area (Å²) in [6.07, 6.45) is 3.20. The molecular weight excluding hydrogens is 274 g/mol.